The Balaban J connectivity index is 1.85. The van der Waals surface area contributed by atoms with E-state index in [1.54, 1.807) is 4.57 Å². The summed E-state index contributed by atoms with van der Waals surface area (Å²) < 4.78 is 1.70. The minimum atomic E-state index is -0.125. The van der Waals surface area contributed by atoms with Crippen LogP contribution in [0, 0.1) is 0 Å². The molecule has 0 bridgehead atoms. The van der Waals surface area contributed by atoms with Crippen LogP contribution in [-0.2, 0) is 11.3 Å². The van der Waals surface area contributed by atoms with Crippen molar-refractivity contribution in [2.45, 2.75) is 37.4 Å². The maximum Gasteiger partial charge on any atom is 0.283 e. The average molecular weight is 303 g/mol. The molecule has 1 aliphatic rings. The number of rotatable bonds is 5. The molecule has 5 nitrogen and oxygen atoms in total. The number of hydrogen-bond acceptors (Lipinski definition) is 4. The molecular weight excluding hydrogens is 286 g/mol. The molecule has 0 atom stereocenters. The maximum absolute atomic E-state index is 12.4. The Morgan fingerprint density at radius 2 is 2.19 bits per heavy atom. The van der Waals surface area contributed by atoms with Gasteiger partial charge in [-0.3, -0.25) is 9.59 Å². The second kappa shape index (κ2) is 5.89. The summed E-state index contributed by atoms with van der Waals surface area (Å²) in [5.74, 6) is 0.209. The van der Waals surface area contributed by atoms with Crippen molar-refractivity contribution in [3.05, 3.63) is 34.6 Å². The van der Waals surface area contributed by atoms with Crippen LogP contribution < -0.4 is 10.9 Å². The van der Waals surface area contributed by atoms with E-state index in [9.17, 15) is 9.59 Å². The van der Waals surface area contributed by atoms with E-state index in [-0.39, 0.29) is 17.2 Å². The van der Waals surface area contributed by atoms with Crippen LogP contribution in [0.25, 0.3) is 11.0 Å². The number of carbonyl (C=O) groups excluding carboxylic acids is 1. The number of fused-ring (bicyclic) bond motifs is 1. The zero-order valence-corrected chi connectivity index (χ0v) is 12.7. The molecule has 1 saturated carbocycles. The fraction of sp³-hybridized carbons (Fsp3) is 0.400. The molecule has 1 aliphatic carbocycles. The van der Waals surface area contributed by atoms with E-state index in [2.05, 4.69) is 10.3 Å². The van der Waals surface area contributed by atoms with Crippen LogP contribution in [0.1, 0.15) is 19.8 Å². The van der Waals surface area contributed by atoms with Gasteiger partial charge in [-0.2, -0.15) is 0 Å². The standard InChI is InChI=1S/C15H17N3O2S/c1-2-18-12-6-4-3-5-11(12)17-14(15(18)20)21-9-13(19)16-10-7-8-10/h3-6,10H,2,7-9H2,1H3,(H,16,19). The third-order valence-electron chi connectivity index (χ3n) is 3.42. The minimum absolute atomic E-state index is 0.0279. The Labute approximate surface area is 126 Å². The highest BCUT2D eigenvalue weighted by Gasteiger charge is 2.23. The summed E-state index contributed by atoms with van der Waals surface area (Å²) in [5.41, 5.74) is 1.49. The van der Waals surface area contributed by atoms with Crippen molar-refractivity contribution in [3.8, 4) is 0 Å². The topological polar surface area (TPSA) is 64.0 Å². The average Bonchev–Trinajstić information content (AvgIpc) is 3.29. The van der Waals surface area contributed by atoms with Crippen LogP contribution in [0.2, 0.25) is 0 Å². The molecule has 21 heavy (non-hydrogen) atoms. The van der Waals surface area contributed by atoms with Gasteiger partial charge in [-0.05, 0) is 31.9 Å². The molecule has 0 radical (unpaired) electrons. The molecule has 1 aromatic heterocycles. The summed E-state index contributed by atoms with van der Waals surface area (Å²) in [6, 6.07) is 7.91. The second-order valence-electron chi connectivity index (χ2n) is 5.09. The largest absolute Gasteiger partial charge is 0.353 e. The molecule has 1 aromatic carbocycles. The van der Waals surface area contributed by atoms with Gasteiger partial charge in [0.25, 0.3) is 5.56 Å². The molecule has 0 unspecified atom stereocenters. The summed E-state index contributed by atoms with van der Waals surface area (Å²) in [7, 11) is 0. The molecule has 2 aromatic rings. The number of amides is 1. The number of nitrogens with zero attached hydrogens (tertiary/aromatic N) is 2. The highest BCUT2D eigenvalue weighted by Crippen LogP contribution is 2.20. The van der Waals surface area contributed by atoms with E-state index in [4.69, 9.17) is 0 Å². The fourth-order valence-electron chi connectivity index (χ4n) is 2.21. The lowest BCUT2D eigenvalue weighted by Gasteiger charge is -2.09. The Morgan fingerprint density at radius 1 is 1.43 bits per heavy atom. The number of para-hydroxylation sites is 2. The first-order valence-corrected chi connectivity index (χ1v) is 8.09. The third-order valence-corrected chi connectivity index (χ3v) is 4.37. The van der Waals surface area contributed by atoms with Crippen LogP contribution >= 0.6 is 11.8 Å². The van der Waals surface area contributed by atoms with Gasteiger partial charge in [-0.1, -0.05) is 23.9 Å². The Bertz CT molecular complexity index is 737. The van der Waals surface area contributed by atoms with Crippen LogP contribution in [-0.4, -0.2) is 27.3 Å². The third kappa shape index (κ3) is 3.10. The van der Waals surface area contributed by atoms with E-state index in [0.717, 1.165) is 23.9 Å². The van der Waals surface area contributed by atoms with Gasteiger partial charge in [0.1, 0.15) is 0 Å². The number of aromatic nitrogens is 2. The van der Waals surface area contributed by atoms with Crippen LogP contribution in [0.5, 0.6) is 0 Å². The number of nitrogens with one attached hydrogen (secondary N) is 1. The lowest BCUT2D eigenvalue weighted by atomic mass is 10.3. The van der Waals surface area contributed by atoms with Gasteiger partial charge in [-0.15, -0.1) is 0 Å². The Hall–Kier alpha value is -1.82. The smallest absolute Gasteiger partial charge is 0.283 e. The zero-order chi connectivity index (χ0) is 14.8. The van der Waals surface area contributed by atoms with Crippen molar-refractivity contribution in [1.29, 1.82) is 0 Å². The number of aryl methyl sites for hydroxylation is 1. The van der Waals surface area contributed by atoms with Crippen LogP contribution in [0.3, 0.4) is 0 Å². The van der Waals surface area contributed by atoms with E-state index in [1.165, 1.54) is 11.8 Å². The van der Waals surface area contributed by atoms with Crippen molar-refractivity contribution in [2.24, 2.45) is 0 Å². The highest BCUT2D eigenvalue weighted by atomic mass is 32.2. The summed E-state index contributed by atoms with van der Waals surface area (Å²) in [6.07, 6.45) is 2.13. The van der Waals surface area contributed by atoms with Crippen molar-refractivity contribution < 1.29 is 4.79 Å². The molecule has 1 fully saturated rings. The van der Waals surface area contributed by atoms with Crippen molar-refractivity contribution >= 4 is 28.7 Å². The van der Waals surface area contributed by atoms with Gasteiger partial charge in [0.15, 0.2) is 5.03 Å². The summed E-state index contributed by atoms with van der Waals surface area (Å²) in [6.45, 7) is 2.52. The highest BCUT2D eigenvalue weighted by molar-refractivity contribution is 7.99. The van der Waals surface area contributed by atoms with Gasteiger partial charge in [0.2, 0.25) is 5.91 Å². The molecule has 0 spiro atoms. The molecule has 110 valence electrons. The van der Waals surface area contributed by atoms with Crippen LogP contribution in [0.4, 0.5) is 0 Å². The van der Waals surface area contributed by atoms with Gasteiger partial charge < -0.3 is 9.88 Å². The summed E-state index contributed by atoms with van der Waals surface area (Å²) in [5, 5.41) is 3.30. The molecule has 1 heterocycles. The lowest BCUT2D eigenvalue weighted by molar-refractivity contribution is -0.118. The molecular formula is C15H17N3O2S. The Morgan fingerprint density at radius 3 is 2.90 bits per heavy atom. The van der Waals surface area contributed by atoms with Crippen molar-refractivity contribution in [1.82, 2.24) is 14.9 Å². The van der Waals surface area contributed by atoms with Gasteiger partial charge >= 0.3 is 0 Å². The molecule has 6 heteroatoms. The number of thioether (sulfide) groups is 1. The maximum atomic E-state index is 12.4. The molecule has 1 amide bonds. The van der Waals surface area contributed by atoms with E-state index < -0.39 is 0 Å². The van der Waals surface area contributed by atoms with Gasteiger partial charge in [-0.25, -0.2) is 4.98 Å². The number of benzene rings is 1. The van der Waals surface area contributed by atoms with E-state index in [0.29, 0.717) is 17.6 Å². The van der Waals surface area contributed by atoms with Gasteiger partial charge in [0, 0.05) is 12.6 Å². The predicted molar refractivity (Wildman–Crippen MR) is 83.6 cm³/mol. The first-order chi connectivity index (χ1) is 10.2. The van der Waals surface area contributed by atoms with E-state index >= 15 is 0 Å². The predicted octanol–water partition coefficient (Wildman–Crippen LogP) is 1.79. The summed E-state index contributed by atoms with van der Waals surface area (Å²) in [4.78, 5) is 28.5. The normalized spacial score (nSPS) is 14.3. The quantitative estimate of drug-likeness (QED) is 0.855. The first kappa shape index (κ1) is 14.1. The van der Waals surface area contributed by atoms with Crippen molar-refractivity contribution in [3.63, 3.8) is 0 Å². The minimum Gasteiger partial charge on any atom is -0.353 e. The van der Waals surface area contributed by atoms with E-state index in [1.807, 2.05) is 31.2 Å². The fourth-order valence-corrected chi connectivity index (χ4v) is 2.96. The number of carbonyl (C=O) groups is 1. The molecule has 3 rings (SSSR count). The van der Waals surface area contributed by atoms with Crippen LogP contribution in [0.15, 0.2) is 34.1 Å². The van der Waals surface area contributed by atoms with Crippen molar-refractivity contribution in [2.75, 3.05) is 5.75 Å². The molecule has 0 saturated heterocycles. The molecule has 0 aliphatic heterocycles. The lowest BCUT2D eigenvalue weighted by Crippen LogP contribution is -2.28. The second-order valence-corrected chi connectivity index (χ2v) is 6.05. The Kier molecular flexibility index (Phi) is 3.96. The molecule has 1 N–H and O–H groups in total. The SMILES string of the molecule is CCn1c(=O)c(SCC(=O)NC2CC2)nc2ccccc21. The van der Waals surface area contributed by atoms with Gasteiger partial charge in [0.05, 0.1) is 16.8 Å². The number of hydrogen-bond donors (Lipinski definition) is 1. The zero-order valence-electron chi connectivity index (χ0n) is 11.8. The summed E-state index contributed by atoms with van der Waals surface area (Å²) >= 11 is 1.21. The monoisotopic (exact) mass is 303 g/mol. The first-order valence-electron chi connectivity index (χ1n) is 7.10.